The molecule has 0 atom stereocenters. The van der Waals surface area contributed by atoms with Crippen LogP contribution in [0.3, 0.4) is 0 Å². The van der Waals surface area contributed by atoms with Gasteiger partial charge >= 0.3 is 5.97 Å². The van der Waals surface area contributed by atoms with Crippen LogP contribution in [0.15, 0.2) is 22.7 Å². The average Bonchev–Trinajstić information content (AvgIpc) is 2.54. The van der Waals surface area contributed by atoms with Gasteiger partial charge in [0, 0.05) is 16.6 Å². The van der Waals surface area contributed by atoms with Gasteiger partial charge in [0.2, 0.25) is 0 Å². The summed E-state index contributed by atoms with van der Waals surface area (Å²) in [5, 5.41) is 9.09. The molecular weight excluding hydrogens is 394 g/mol. The molecule has 136 valence electrons. The minimum Gasteiger partial charge on any atom is -0.493 e. The van der Waals surface area contributed by atoms with Gasteiger partial charge in [-0.15, -0.1) is 12.4 Å². The van der Waals surface area contributed by atoms with E-state index in [1.807, 2.05) is 12.1 Å². The van der Waals surface area contributed by atoms with Gasteiger partial charge < -0.3 is 9.84 Å². The van der Waals surface area contributed by atoms with Crippen LogP contribution in [-0.4, -0.2) is 35.7 Å². The quantitative estimate of drug-likeness (QED) is 0.617. The third-order valence-electron chi connectivity index (χ3n) is 4.36. The van der Waals surface area contributed by atoms with Gasteiger partial charge in [0.25, 0.3) is 0 Å². The molecule has 0 aromatic heterocycles. The summed E-state index contributed by atoms with van der Waals surface area (Å²) in [6, 6.07) is 6.14. The number of aliphatic carboxylic acids is 1. The zero-order chi connectivity index (χ0) is 16.7. The van der Waals surface area contributed by atoms with Crippen molar-refractivity contribution < 1.29 is 14.6 Å². The highest BCUT2D eigenvalue weighted by Gasteiger charge is 2.24. The SMILES string of the molecule is CCCCCOc1ccc(Br)cc1CN1CCC(C(=O)O)CC1.Cl. The van der Waals surface area contributed by atoms with Crippen LogP contribution in [0, 0.1) is 5.92 Å². The molecule has 0 saturated carbocycles. The second-order valence-electron chi connectivity index (χ2n) is 6.20. The van der Waals surface area contributed by atoms with Gasteiger partial charge in [0.15, 0.2) is 0 Å². The first-order valence-electron chi connectivity index (χ1n) is 8.46. The van der Waals surface area contributed by atoms with Crippen LogP contribution >= 0.6 is 28.3 Å². The van der Waals surface area contributed by atoms with Crippen LogP contribution in [0.2, 0.25) is 0 Å². The van der Waals surface area contributed by atoms with Gasteiger partial charge in [0.1, 0.15) is 5.75 Å². The maximum absolute atomic E-state index is 11.0. The minimum absolute atomic E-state index is 0. The Morgan fingerprint density at radius 1 is 1.33 bits per heavy atom. The zero-order valence-electron chi connectivity index (χ0n) is 14.2. The van der Waals surface area contributed by atoms with Crippen LogP contribution in [0.1, 0.15) is 44.6 Å². The lowest BCUT2D eigenvalue weighted by molar-refractivity contribution is -0.143. The van der Waals surface area contributed by atoms with Crippen LogP contribution < -0.4 is 4.74 Å². The highest BCUT2D eigenvalue weighted by Crippen LogP contribution is 2.27. The van der Waals surface area contributed by atoms with E-state index in [0.29, 0.717) is 0 Å². The Hall–Kier alpha value is -0.780. The van der Waals surface area contributed by atoms with Gasteiger partial charge in [-0.3, -0.25) is 9.69 Å². The molecule has 0 amide bonds. The van der Waals surface area contributed by atoms with E-state index in [9.17, 15) is 4.79 Å². The summed E-state index contributed by atoms with van der Waals surface area (Å²) in [7, 11) is 0. The summed E-state index contributed by atoms with van der Waals surface area (Å²) in [6.07, 6.45) is 4.92. The van der Waals surface area contributed by atoms with Gasteiger partial charge in [0.05, 0.1) is 12.5 Å². The summed E-state index contributed by atoms with van der Waals surface area (Å²) in [6.45, 7) is 5.42. The zero-order valence-corrected chi connectivity index (χ0v) is 16.6. The van der Waals surface area contributed by atoms with Crippen LogP contribution in [-0.2, 0) is 11.3 Å². The second-order valence-corrected chi connectivity index (χ2v) is 7.11. The standard InChI is InChI=1S/C18H26BrNO3.ClH/c1-2-3-4-11-23-17-6-5-16(19)12-15(17)13-20-9-7-14(8-10-20)18(21)22;/h5-6,12,14H,2-4,7-11,13H2,1H3,(H,21,22);1H. The number of unbranched alkanes of at least 4 members (excludes halogenated alkanes) is 2. The number of benzene rings is 1. The highest BCUT2D eigenvalue weighted by molar-refractivity contribution is 9.10. The number of carboxylic acid groups (broad SMARTS) is 1. The van der Waals surface area contributed by atoms with Gasteiger partial charge in [-0.1, -0.05) is 35.7 Å². The highest BCUT2D eigenvalue weighted by atomic mass is 79.9. The number of likely N-dealkylation sites (tertiary alicyclic amines) is 1. The topological polar surface area (TPSA) is 49.8 Å². The molecule has 1 saturated heterocycles. The summed E-state index contributed by atoms with van der Waals surface area (Å²) >= 11 is 3.53. The predicted molar refractivity (Wildman–Crippen MR) is 102 cm³/mol. The van der Waals surface area contributed by atoms with Gasteiger partial charge in [-0.2, -0.15) is 0 Å². The van der Waals surface area contributed by atoms with E-state index in [2.05, 4.69) is 33.8 Å². The first-order valence-corrected chi connectivity index (χ1v) is 9.26. The molecule has 0 unspecified atom stereocenters. The molecule has 1 aliphatic rings. The van der Waals surface area contributed by atoms with Crippen molar-refractivity contribution in [2.75, 3.05) is 19.7 Å². The van der Waals surface area contributed by atoms with E-state index < -0.39 is 5.97 Å². The Balaban J connectivity index is 0.00000288. The first kappa shape index (κ1) is 21.3. The fourth-order valence-corrected chi connectivity index (χ4v) is 3.33. The van der Waals surface area contributed by atoms with Crippen molar-refractivity contribution in [1.29, 1.82) is 0 Å². The number of carboxylic acids is 1. The van der Waals surface area contributed by atoms with E-state index in [4.69, 9.17) is 9.84 Å². The number of ether oxygens (including phenoxy) is 1. The largest absolute Gasteiger partial charge is 0.493 e. The molecule has 24 heavy (non-hydrogen) atoms. The Morgan fingerprint density at radius 2 is 2.04 bits per heavy atom. The fraction of sp³-hybridized carbons (Fsp3) is 0.611. The maximum atomic E-state index is 11.0. The molecule has 6 heteroatoms. The molecule has 1 N–H and O–H groups in total. The van der Waals surface area contributed by atoms with Crippen molar-refractivity contribution in [3.05, 3.63) is 28.2 Å². The smallest absolute Gasteiger partial charge is 0.306 e. The number of rotatable bonds is 8. The van der Waals surface area contributed by atoms with E-state index >= 15 is 0 Å². The molecule has 1 aromatic rings. The number of hydrogen-bond donors (Lipinski definition) is 1. The Kier molecular flexibility index (Phi) is 9.71. The number of nitrogens with zero attached hydrogens (tertiary/aromatic N) is 1. The minimum atomic E-state index is -0.660. The number of piperidine rings is 1. The third kappa shape index (κ3) is 6.61. The van der Waals surface area contributed by atoms with E-state index in [-0.39, 0.29) is 18.3 Å². The Labute approximate surface area is 159 Å². The number of carbonyl (C=O) groups is 1. The predicted octanol–water partition coefficient (Wildman–Crippen LogP) is 4.74. The van der Waals surface area contributed by atoms with Crippen molar-refractivity contribution in [3.63, 3.8) is 0 Å². The van der Waals surface area contributed by atoms with Crippen LogP contribution in [0.4, 0.5) is 0 Å². The number of halogens is 2. The number of hydrogen-bond acceptors (Lipinski definition) is 3. The first-order chi connectivity index (χ1) is 11.1. The van der Waals surface area contributed by atoms with Crippen LogP contribution in [0.25, 0.3) is 0 Å². The van der Waals surface area contributed by atoms with Gasteiger partial charge in [-0.05, 0) is 50.6 Å². The molecule has 1 aliphatic heterocycles. The monoisotopic (exact) mass is 419 g/mol. The molecule has 0 radical (unpaired) electrons. The van der Waals surface area contributed by atoms with E-state index in [1.54, 1.807) is 0 Å². The van der Waals surface area contributed by atoms with Crippen molar-refractivity contribution in [3.8, 4) is 5.75 Å². The molecular formula is C18H27BrClNO3. The average molecular weight is 421 g/mol. The van der Waals surface area contributed by atoms with E-state index in [0.717, 1.165) is 55.7 Å². The molecule has 2 rings (SSSR count). The van der Waals surface area contributed by atoms with Crippen LogP contribution in [0.5, 0.6) is 5.75 Å². The molecule has 0 bridgehead atoms. The summed E-state index contributed by atoms with van der Waals surface area (Å²) in [4.78, 5) is 13.4. The second kappa shape index (κ2) is 11.0. The Morgan fingerprint density at radius 3 is 2.67 bits per heavy atom. The molecule has 1 aromatic carbocycles. The normalized spacial score (nSPS) is 15.8. The third-order valence-corrected chi connectivity index (χ3v) is 4.85. The van der Waals surface area contributed by atoms with Crippen molar-refractivity contribution in [2.45, 2.75) is 45.6 Å². The van der Waals surface area contributed by atoms with Crippen molar-refractivity contribution in [2.24, 2.45) is 5.92 Å². The van der Waals surface area contributed by atoms with Crippen molar-refractivity contribution >= 4 is 34.3 Å². The Bertz CT molecular complexity index is 519. The lowest BCUT2D eigenvalue weighted by Crippen LogP contribution is -2.35. The summed E-state index contributed by atoms with van der Waals surface area (Å²) < 4.78 is 7.00. The summed E-state index contributed by atoms with van der Waals surface area (Å²) in [5.41, 5.74) is 1.17. The van der Waals surface area contributed by atoms with Gasteiger partial charge in [-0.25, -0.2) is 0 Å². The maximum Gasteiger partial charge on any atom is 0.306 e. The van der Waals surface area contributed by atoms with E-state index in [1.165, 1.54) is 18.4 Å². The lowest BCUT2D eigenvalue weighted by Gasteiger charge is -2.30. The fourth-order valence-electron chi connectivity index (χ4n) is 2.93. The molecule has 1 heterocycles. The molecule has 0 spiro atoms. The molecule has 4 nitrogen and oxygen atoms in total. The molecule has 1 fully saturated rings. The molecule has 0 aliphatic carbocycles. The lowest BCUT2D eigenvalue weighted by atomic mass is 9.97. The summed E-state index contributed by atoms with van der Waals surface area (Å²) in [5.74, 6) is 0.107. The van der Waals surface area contributed by atoms with Crippen molar-refractivity contribution in [1.82, 2.24) is 4.90 Å².